The van der Waals surface area contributed by atoms with Gasteiger partial charge in [0.25, 0.3) is 0 Å². The van der Waals surface area contributed by atoms with Crippen LogP contribution in [0.1, 0.15) is 39.0 Å². The van der Waals surface area contributed by atoms with E-state index in [0.29, 0.717) is 12.2 Å². The summed E-state index contributed by atoms with van der Waals surface area (Å²) in [7, 11) is 0. The van der Waals surface area contributed by atoms with Gasteiger partial charge in [-0.05, 0) is 31.4 Å². The lowest BCUT2D eigenvalue weighted by molar-refractivity contribution is -0.139. The second-order valence-electron chi connectivity index (χ2n) is 3.16. The lowest BCUT2D eigenvalue weighted by Gasteiger charge is -2.07. The van der Waals surface area contributed by atoms with E-state index in [-0.39, 0.29) is 5.97 Å². The van der Waals surface area contributed by atoms with Crippen LogP contribution in [0.15, 0.2) is 24.0 Å². The Morgan fingerprint density at radius 3 is 3.00 bits per heavy atom. The molecule has 0 aromatic heterocycles. The smallest absolute Gasteiger partial charge is 0.311 e. The minimum Gasteiger partial charge on any atom is -0.427 e. The number of allylic oxidation sites excluding steroid dienone is 3. The number of esters is 1. The minimum absolute atomic E-state index is 0.111. The third kappa shape index (κ3) is 3.92. The molecule has 0 fully saturated rings. The van der Waals surface area contributed by atoms with Gasteiger partial charge in [0.05, 0.1) is 0 Å². The molecule has 0 spiro atoms. The number of carbonyl (C=O) groups is 1. The van der Waals surface area contributed by atoms with Crippen LogP contribution < -0.4 is 0 Å². The summed E-state index contributed by atoms with van der Waals surface area (Å²) >= 11 is 0. The Labute approximate surface area is 79.3 Å². The normalized spacial score (nSPS) is 15.3. The monoisotopic (exact) mass is 180 g/mol. The van der Waals surface area contributed by atoms with E-state index in [2.05, 4.69) is 6.92 Å². The van der Waals surface area contributed by atoms with Crippen molar-refractivity contribution in [2.45, 2.75) is 39.0 Å². The van der Waals surface area contributed by atoms with E-state index in [1.165, 1.54) is 0 Å². The summed E-state index contributed by atoms with van der Waals surface area (Å²) in [6.45, 7) is 2.06. The van der Waals surface area contributed by atoms with Gasteiger partial charge in [0.2, 0.25) is 0 Å². The molecule has 2 heteroatoms. The van der Waals surface area contributed by atoms with E-state index in [1.807, 2.05) is 18.2 Å². The van der Waals surface area contributed by atoms with Crippen LogP contribution in [0.5, 0.6) is 0 Å². The van der Waals surface area contributed by atoms with Gasteiger partial charge in [0.15, 0.2) is 0 Å². The van der Waals surface area contributed by atoms with Crippen LogP contribution in [-0.2, 0) is 9.53 Å². The van der Waals surface area contributed by atoms with Crippen molar-refractivity contribution in [1.29, 1.82) is 0 Å². The zero-order valence-electron chi connectivity index (χ0n) is 8.08. The van der Waals surface area contributed by atoms with Gasteiger partial charge in [-0.25, -0.2) is 0 Å². The summed E-state index contributed by atoms with van der Waals surface area (Å²) in [6.07, 6.45) is 10.4. The molecule has 1 aliphatic rings. The standard InChI is InChI=1S/C11H16O2/c1-2-3-9-11(12)13-10-7-5-4-6-8-10/h5,7-8H,2-4,6,9H2,1H3. The lowest BCUT2D eigenvalue weighted by Crippen LogP contribution is -2.03. The Kier molecular flexibility index (Phi) is 4.30. The van der Waals surface area contributed by atoms with Gasteiger partial charge in [0.1, 0.15) is 5.76 Å². The summed E-state index contributed by atoms with van der Waals surface area (Å²) in [5.74, 6) is 0.604. The van der Waals surface area contributed by atoms with Crippen LogP contribution in [0.2, 0.25) is 0 Å². The summed E-state index contributed by atoms with van der Waals surface area (Å²) in [4.78, 5) is 11.2. The summed E-state index contributed by atoms with van der Waals surface area (Å²) < 4.78 is 5.13. The van der Waals surface area contributed by atoms with Gasteiger partial charge in [-0.3, -0.25) is 4.79 Å². The number of rotatable bonds is 4. The lowest BCUT2D eigenvalue weighted by atomic mass is 10.2. The van der Waals surface area contributed by atoms with Crippen LogP contribution in [0.3, 0.4) is 0 Å². The SMILES string of the molecule is CCCCC(=O)OC1=CCCC=C1. The van der Waals surface area contributed by atoms with E-state index in [9.17, 15) is 4.79 Å². The molecular formula is C11H16O2. The van der Waals surface area contributed by atoms with Gasteiger partial charge in [-0.2, -0.15) is 0 Å². The maximum Gasteiger partial charge on any atom is 0.311 e. The first-order chi connectivity index (χ1) is 6.33. The number of carbonyl (C=O) groups excluding carboxylic acids is 1. The van der Waals surface area contributed by atoms with Gasteiger partial charge in [-0.15, -0.1) is 0 Å². The van der Waals surface area contributed by atoms with Crippen LogP contribution in [0.4, 0.5) is 0 Å². The number of unbranched alkanes of at least 4 members (excludes halogenated alkanes) is 1. The summed E-state index contributed by atoms with van der Waals surface area (Å²) in [6, 6.07) is 0. The van der Waals surface area contributed by atoms with E-state index in [0.717, 1.165) is 25.7 Å². The molecule has 0 amide bonds. The molecule has 0 radical (unpaired) electrons. The van der Waals surface area contributed by atoms with Crippen molar-refractivity contribution in [2.24, 2.45) is 0 Å². The van der Waals surface area contributed by atoms with Crippen LogP contribution in [-0.4, -0.2) is 5.97 Å². The quantitative estimate of drug-likeness (QED) is 0.622. The fourth-order valence-corrected chi connectivity index (χ4v) is 1.17. The molecule has 0 atom stereocenters. The van der Waals surface area contributed by atoms with E-state index < -0.39 is 0 Å². The van der Waals surface area contributed by atoms with Crippen molar-refractivity contribution in [3.8, 4) is 0 Å². The molecule has 0 saturated heterocycles. The molecule has 0 unspecified atom stereocenters. The molecule has 1 rings (SSSR count). The highest BCUT2D eigenvalue weighted by molar-refractivity contribution is 5.70. The minimum atomic E-state index is -0.111. The second kappa shape index (κ2) is 5.57. The number of hydrogen-bond acceptors (Lipinski definition) is 2. The zero-order chi connectivity index (χ0) is 9.52. The highest BCUT2D eigenvalue weighted by Gasteiger charge is 2.05. The molecule has 0 aliphatic heterocycles. The van der Waals surface area contributed by atoms with Crippen molar-refractivity contribution < 1.29 is 9.53 Å². The highest BCUT2D eigenvalue weighted by Crippen LogP contribution is 2.12. The third-order valence-electron chi connectivity index (χ3n) is 1.93. The summed E-state index contributed by atoms with van der Waals surface area (Å²) in [5.41, 5.74) is 0. The van der Waals surface area contributed by atoms with Gasteiger partial charge < -0.3 is 4.74 Å². The number of hydrogen-bond donors (Lipinski definition) is 0. The predicted molar refractivity (Wildman–Crippen MR) is 52.1 cm³/mol. The maximum absolute atomic E-state index is 11.2. The average molecular weight is 180 g/mol. The predicted octanol–water partition coefficient (Wildman–Crippen LogP) is 2.95. The van der Waals surface area contributed by atoms with Crippen molar-refractivity contribution in [2.75, 3.05) is 0 Å². The Morgan fingerprint density at radius 2 is 2.38 bits per heavy atom. The van der Waals surface area contributed by atoms with Crippen molar-refractivity contribution in [1.82, 2.24) is 0 Å². The van der Waals surface area contributed by atoms with Gasteiger partial charge >= 0.3 is 5.97 Å². The maximum atomic E-state index is 11.2. The Bertz CT molecular complexity index is 226. The van der Waals surface area contributed by atoms with Crippen LogP contribution >= 0.6 is 0 Å². The first-order valence-electron chi connectivity index (χ1n) is 4.90. The van der Waals surface area contributed by atoms with Crippen molar-refractivity contribution >= 4 is 5.97 Å². The molecular weight excluding hydrogens is 164 g/mol. The van der Waals surface area contributed by atoms with E-state index >= 15 is 0 Å². The molecule has 0 heterocycles. The Morgan fingerprint density at radius 1 is 1.54 bits per heavy atom. The van der Waals surface area contributed by atoms with Crippen LogP contribution in [0, 0.1) is 0 Å². The molecule has 0 aromatic rings. The van der Waals surface area contributed by atoms with Crippen LogP contribution in [0.25, 0.3) is 0 Å². The Hall–Kier alpha value is -1.05. The van der Waals surface area contributed by atoms with Crippen molar-refractivity contribution in [3.05, 3.63) is 24.0 Å². The average Bonchev–Trinajstić information content (AvgIpc) is 2.16. The summed E-state index contributed by atoms with van der Waals surface area (Å²) in [5, 5.41) is 0. The molecule has 2 nitrogen and oxygen atoms in total. The largest absolute Gasteiger partial charge is 0.427 e. The molecule has 72 valence electrons. The second-order valence-corrected chi connectivity index (χ2v) is 3.16. The fourth-order valence-electron chi connectivity index (χ4n) is 1.17. The van der Waals surface area contributed by atoms with Crippen molar-refractivity contribution in [3.63, 3.8) is 0 Å². The van der Waals surface area contributed by atoms with E-state index in [4.69, 9.17) is 4.74 Å². The topological polar surface area (TPSA) is 26.3 Å². The molecule has 1 aliphatic carbocycles. The first kappa shape index (κ1) is 10.0. The third-order valence-corrected chi connectivity index (χ3v) is 1.93. The number of ether oxygens (including phenoxy) is 1. The first-order valence-corrected chi connectivity index (χ1v) is 4.90. The zero-order valence-corrected chi connectivity index (χ0v) is 8.08. The van der Waals surface area contributed by atoms with E-state index in [1.54, 1.807) is 0 Å². The Balaban J connectivity index is 2.27. The van der Waals surface area contributed by atoms with Gasteiger partial charge in [-0.1, -0.05) is 19.4 Å². The fraction of sp³-hybridized carbons (Fsp3) is 0.545. The molecule has 0 aromatic carbocycles. The van der Waals surface area contributed by atoms with Gasteiger partial charge in [0, 0.05) is 6.42 Å². The molecule has 13 heavy (non-hydrogen) atoms. The molecule has 0 N–H and O–H groups in total. The molecule has 0 saturated carbocycles. The highest BCUT2D eigenvalue weighted by atomic mass is 16.5. The molecule has 0 bridgehead atoms.